The number of amides is 2. The van der Waals surface area contributed by atoms with Gasteiger partial charge < -0.3 is 10.2 Å². The summed E-state index contributed by atoms with van der Waals surface area (Å²) in [5, 5.41) is 2.94. The summed E-state index contributed by atoms with van der Waals surface area (Å²) in [6, 6.07) is 16.1. The first-order valence-electron chi connectivity index (χ1n) is 11.2. The van der Waals surface area contributed by atoms with Gasteiger partial charge in [0.1, 0.15) is 6.04 Å². The Morgan fingerprint density at radius 2 is 1.61 bits per heavy atom. The number of nitrogens with one attached hydrogen (secondary N) is 1. The molecule has 0 bridgehead atoms. The molecule has 0 aliphatic carbocycles. The molecule has 2 aromatic rings. The van der Waals surface area contributed by atoms with Crippen LogP contribution in [-0.2, 0) is 28.0 Å². The van der Waals surface area contributed by atoms with Gasteiger partial charge >= 0.3 is 0 Å². The molecular formula is C27H38N2O2. The van der Waals surface area contributed by atoms with Crippen molar-refractivity contribution in [2.75, 3.05) is 0 Å². The lowest BCUT2D eigenvalue weighted by Gasteiger charge is -2.29. The van der Waals surface area contributed by atoms with Crippen molar-refractivity contribution < 1.29 is 9.59 Å². The molecule has 0 saturated heterocycles. The SMILES string of the molecule is Cc1cccc(CN(C(=O)CCc2ccc(C(C)(C)C)cc2)C(C)C(=O)NC(C)C)c1. The molecule has 0 radical (unpaired) electrons. The third-order valence-corrected chi connectivity index (χ3v) is 5.48. The minimum Gasteiger partial charge on any atom is -0.352 e. The maximum Gasteiger partial charge on any atom is 0.242 e. The zero-order chi connectivity index (χ0) is 23.2. The molecule has 1 atom stereocenters. The van der Waals surface area contributed by atoms with Crippen LogP contribution >= 0.6 is 0 Å². The van der Waals surface area contributed by atoms with Crippen LogP contribution in [-0.4, -0.2) is 28.8 Å². The number of hydrogen-bond acceptors (Lipinski definition) is 2. The largest absolute Gasteiger partial charge is 0.352 e. The van der Waals surface area contributed by atoms with Crippen molar-refractivity contribution in [2.24, 2.45) is 0 Å². The lowest BCUT2D eigenvalue weighted by Crippen LogP contribution is -2.49. The normalized spacial score (nSPS) is 12.5. The van der Waals surface area contributed by atoms with Crippen molar-refractivity contribution >= 4 is 11.8 Å². The number of carbonyl (C=O) groups excluding carboxylic acids is 2. The quantitative estimate of drug-likeness (QED) is 0.638. The van der Waals surface area contributed by atoms with E-state index in [9.17, 15) is 9.59 Å². The third kappa shape index (κ3) is 7.54. The average Bonchev–Trinajstić information content (AvgIpc) is 2.69. The Balaban J connectivity index is 2.14. The van der Waals surface area contributed by atoms with Crippen molar-refractivity contribution in [2.45, 2.75) is 85.4 Å². The monoisotopic (exact) mass is 422 g/mol. The standard InChI is InChI=1S/C27H38N2O2/c1-19(2)28-26(31)21(4)29(18-23-10-8-9-20(3)17-23)25(30)16-13-22-11-14-24(15-12-22)27(5,6)7/h8-12,14-15,17,19,21H,13,16,18H2,1-7H3,(H,28,31). The minimum atomic E-state index is -0.529. The van der Waals surface area contributed by atoms with Crippen LogP contribution < -0.4 is 5.32 Å². The van der Waals surface area contributed by atoms with E-state index >= 15 is 0 Å². The van der Waals surface area contributed by atoms with Gasteiger partial charge in [-0.3, -0.25) is 9.59 Å². The summed E-state index contributed by atoms with van der Waals surface area (Å²) >= 11 is 0. The van der Waals surface area contributed by atoms with Crippen molar-refractivity contribution in [3.8, 4) is 0 Å². The maximum atomic E-state index is 13.2. The molecule has 0 saturated carbocycles. The van der Waals surface area contributed by atoms with Gasteiger partial charge in [0, 0.05) is 19.0 Å². The Morgan fingerprint density at radius 1 is 0.968 bits per heavy atom. The fourth-order valence-corrected chi connectivity index (χ4v) is 3.56. The number of nitrogens with zero attached hydrogens (tertiary/aromatic N) is 1. The van der Waals surface area contributed by atoms with Gasteiger partial charge in [-0.25, -0.2) is 0 Å². The Kier molecular flexibility index (Phi) is 8.43. The Hall–Kier alpha value is -2.62. The zero-order valence-electron chi connectivity index (χ0n) is 20.2. The lowest BCUT2D eigenvalue weighted by atomic mass is 9.86. The topological polar surface area (TPSA) is 49.4 Å². The first-order chi connectivity index (χ1) is 14.5. The summed E-state index contributed by atoms with van der Waals surface area (Å²) in [4.78, 5) is 27.6. The van der Waals surface area contributed by atoms with E-state index in [2.05, 4.69) is 56.4 Å². The van der Waals surface area contributed by atoms with Gasteiger partial charge in [-0.1, -0.05) is 74.9 Å². The van der Waals surface area contributed by atoms with E-state index in [0.29, 0.717) is 19.4 Å². The highest BCUT2D eigenvalue weighted by Gasteiger charge is 2.26. The molecule has 0 aliphatic rings. The Morgan fingerprint density at radius 3 is 2.16 bits per heavy atom. The zero-order valence-corrected chi connectivity index (χ0v) is 20.2. The van der Waals surface area contributed by atoms with Gasteiger partial charge in [0.25, 0.3) is 0 Å². The van der Waals surface area contributed by atoms with Gasteiger partial charge in [-0.05, 0) is 56.2 Å². The lowest BCUT2D eigenvalue weighted by molar-refractivity contribution is -0.140. The number of benzene rings is 2. The molecule has 2 amide bonds. The summed E-state index contributed by atoms with van der Waals surface area (Å²) in [7, 11) is 0. The molecule has 0 aliphatic heterocycles. The van der Waals surface area contributed by atoms with Crippen LogP contribution in [0.25, 0.3) is 0 Å². The van der Waals surface area contributed by atoms with Crippen LogP contribution in [0.15, 0.2) is 48.5 Å². The molecule has 0 spiro atoms. The van der Waals surface area contributed by atoms with Gasteiger partial charge in [0.2, 0.25) is 11.8 Å². The van der Waals surface area contributed by atoms with E-state index in [-0.39, 0.29) is 23.3 Å². The van der Waals surface area contributed by atoms with Crippen molar-refractivity contribution in [3.05, 3.63) is 70.8 Å². The van der Waals surface area contributed by atoms with Crippen molar-refractivity contribution in [1.82, 2.24) is 10.2 Å². The first kappa shape index (κ1) is 24.6. The maximum absolute atomic E-state index is 13.2. The van der Waals surface area contributed by atoms with E-state index in [4.69, 9.17) is 0 Å². The average molecular weight is 423 g/mol. The molecule has 0 aromatic heterocycles. The van der Waals surface area contributed by atoms with Crippen LogP contribution in [0, 0.1) is 6.92 Å². The van der Waals surface area contributed by atoms with E-state index in [1.54, 1.807) is 4.90 Å². The third-order valence-electron chi connectivity index (χ3n) is 5.48. The van der Waals surface area contributed by atoms with Crippen LogP contribution in [0.5, 0.6) is 0 Å². The second-order valence-corrected chi connectivity index (χ2v) is 9.80. The second-order valence-electron chi connectivity index (χ2n) is 9.80. The van der Waals surface area contributed by atoms with Crippen LogP contribution in [0.3, 0.4) is 0 Å². The van der Waals surface area contributed by atoms with Gasteiger partial charge in [-0.15, -0.1) is 0 Å². The summed E-state index contributed by atoms with van der Waals surface area (Å²) in [6.07, 6.45) is 1.03. The molecule has 4 nitrogen and oxygen atoms in total. The highest BCUT2D eigenvalue weighted by molar-refractivity contribution is 5.87. The molecule has 0 heterocycles. The summed E-state index contributed by atoms with van der Waals surface area (Å²) in [5.41, 5.74) is 4.70. The molecule has 4 heteroatoms. The number of rotatable bonds is 8. The highest BCUT2D eigenvalue weighted by Crippen LogP contribution is 2.22. The molecule has 2 aromatic carbocycles. The van der Waals surface area contributed by atoms with Crippen LogP contribution in [0.4, 0.5) is 0 Å². The molecule has 2 rings (SSSR count). The molecule has 168 valence electrons. The fourth-order valence-electron chi connectivity index (χ4n) is 3.56. The fraction of sp³-hybridized carbons (Fsp3) is 0.481. The second kappa shape index (κ2) is 10.6. The first-order valence-corrected chi connectivity index (χ1v) is 11.2. The van der Waals surface area contributed by atoms with E-state index in [0.717, 1.165) is 16.7 Å². The Bertz CT molecular complexity index is 879. The molecular weight excluding hydrogens is 384 g/mol. The van der Waals surface area contributed by atoms with Gasteiger partial charge in [0.15, 0.2) is 0 Å². The smallest absolute Gasteiger partial charge is 0.242 e. The molecule has 31 heavy (non-hydrogen) atoms. The molecule has 0 fully saturated rings. The molecule has 1 N–H and O–H groups in total. The predicted octanol–water partition coefficient (Wildman–Crippen LogP) is 5.17. The summed E-state index contributed by atoms with van der Waals surface area (Å²) in [5.74, 6) is -0.127. The summed E-state index contributed by atoms with van der Waals surface area (Å²) < 4.78 is 0. The van der Waals surface area contributed by atoms with Crippen LogP contribution in [0.1, 0.15) is 70.2 Å². The predicted molar refractivity (Wildman–Crippen MR) is 128 cm³/mol. The number of carbonyl (C=O) groups is 2. The van der Waals surface area contributed by atoms with Gasteiger partial charge in [-0.2, -0.15) is 0 Å². The minimum absolute atomic E-state index is 0.00666. The number of aryl methyl sites for hydroxylation is 2. The number of hydrogen-bond donors (Lipinski definition) is 1. The van der Waals surface area contributed by atoms with Crippen LogP contribution in [0.2, 0.25) is 0 Å². The van der Waals surface area contributed by atoms with Crippen molar-refractivity contribution in [1.29, 1.82) is 0 Å². The van der Waals surface area contributed by atoms with E-state index in [1.807, 2.05) is 45.9 Å². The van der Waals surface area contributed by atoms with E-state index in [1.165, 1.54) is 5.56 Å². The van der Waals surface area contributed by atoms with E-state index < -0.39 is 6.04 Å². The highest BCUT2D eigenvalue weighted by atomic mass is 16.2. The summed E-state index contributed by atoms with van der Waals surface area (Å²) in [6.45, 7) is 14.7. The Labute approximate surface area is 188 Å². The van der Waals surface area contributed by atoms with Crippen molar-refractivity contribution in [3.63, 3.8) is 0 Å². The van der Waals surface area contributed by atoms with Gasteiger partial charge in [0.05, 0.1) is 0 Å². The molecule has 1 unspecified atom stereocenters.